The Morgan fingerprint density at radius 1 is 1.45 bits per heavy atom. The van der Waals surface area contributed by atoms with Crippen molar-refractivity contribution < 1.29 is 23.1 Å². The number of amides is 1. The summed E-state index contributed by atoms with van der Waals surface area (Å²) in [6.45, 7) is 0. The molecule has 0 spiro atoms. The van der Waals surface area contributed by atoms with Crippen molar-refractivity contribution >= 4 is 50.4 Å². The maximum atomic E-state index is 12.3. The van der Waals surface area contributed by atoms with Gasteiger partial charge in [0.05, 0.1) is 17.0 Å². The van der Waals surface area contributed by atoms with Gasteiger partial charge < -0.3 is 5.11 Å². The molecule has 0 aliphatic carbocycles. The van der Waals surface area contributed by atoms with Crippen molar-refractivity contribution in [3.8, 4) is 0 Å². The minimum absolute atomic E-state index is 0.0429. The maximum Gasteiger partial charge on any atom is 0.353 e. The number of β-lactam (4-membered cyclic amide) rings is 1. The molecule has 2 aliphatic heterocycles. The number of carbonyl (C=O) groups is 2. The highest BCUT2D eigenvalue weighted by Crippen LogP contribution is 2.42. The molecule has 3 rings (SSSR count). The summed E-state index contributed by atoms with van der Waals surface area (Å²) < 4.78 is 24.7. The lowest BCUT2D eigenvalue weighted by molar-refractivity contribution is -0.141. The second kappa shape index (κ2) is 5.16. The van der Waals surface area contributed by atoms with Crippen LogP contribution < -0.4 is 0 Å². The first-order chi connectivity index (χ1) is 10.3. The van der Waals surface area contributed by atoms with E-state index in [4.69, 9.17) is 0 Å². The van der Waals surface area contributed by atoms with Crippen LogP contribution in [0.1, 0.15) is 5.69 Å². The van der Waals surface area contributed by atoms with Crippen LogP contribution in [0, 0.1) is 0 Å². The van der Waals surface area contributed by atoms with Crippen molar-refractivity contribution in [2.45, 2.75) is 5.37 Å². The van der Waals surface area contributed by atoms with Crippen molar-refractivity contribution in [1.29, 1.82) is 0 Å². The van der Waals surface area contributed by atoms with Gasteiger partial charge >= 0.3 is 5.97 Å². The van der Waals surface area contributed by atoms with Gasteiger partial charge in [-0.2, -0.15) is 0 Å². The normalized spacial score (nSPS) is 25.0. The van der Waals surface area contributed by atoms with Gasteiger partial charge in [0.25, 0.3) is 5.91 Å². The number of pyridine rings is 1. The first-order valence-electron chi connectivity index (χ1n) is 6.12. The molecule has 1 atom stereocenters. The molecule has 1 aromatic rings. The van der Waals surface area contributed by atoms with Gasteiger partial charge in [-0.05, 0) is 40.8 Å². The molecule has 1 N–H and O–H groups in total. The predicted molar refractivity (Wildman–Crippen MR) is 85.3 cm³/mol. The van der Waals surface area contributed by atoms with E-state index in [0.29, 0.717) is 5.69 Å². The number of carboxylic acid groups (broad SMARTS) is 1. The molecular formula is C13H9IN2O5S. The molecule has 1 fully saturated rings. The van der Waals surface area contributed by atoms with Crippen molar-refractivity contribution in [3.63, 3.8) is 0 Å². The Balaban J connectivity index is 2.10. The quantitative estimate of drug-likeness (QED) is 0.421. The summed E-state index contributed by atoms with van der Waals surface area (Å²) in [5.41, 5.74) is 0.228. The topological polar surface area (TPSA) is 105 Å². The standard InChI is InChI=1S/C13H9IN2O5S/c14-9-6-22(20,21)12-8(5-7-3-1-2-4-15-7)11(17)16(12)10(9)13(18)19/h1-5,12H,6H2,(H,18,19)/b8-5-. The lowest BCUT2D eigenvalue weighted by atomic mass is 10.0. The molecule has 0 bridgehead atoms. The molecule has 1 saturated heterocycles. The van der Waals surface area contributed by atoms with Crippen LogP contribution >= 0.6 is 22.6 Å². The van der Waals surface area contributed by atoms with Crippen LogP contribution in [0.5, 0.6) is 0 Å². The van der Waals surface area contributed by atoms with E-state index in [1.807, 2.05) is 0 Å². The number of sulfone groups is 1. The smallest absolute Gasteiger partial charge is 0.353 e. The van der Waals surface area contributed by atoms with Gasteiger partial charge in [-0.15, -0.1) is 0 Å². The summed E-state index contributed by atoms with van der Waals surface area (Å²) in [7, 11) is -3.66. The summed E-state index contributed by atoms with van der Waals surface area (Å²) in [4.78, 5) is 28.4. The molecule has 7 nitrogen and oxygen atoms in total. The monoisotopic (exact) mass is 432 g/mol. The molecule has 3 heterocycles. The summed E-state index contributed by atoms with van der Waals surface area (Å²) in [5.74, 6) is -2.32. The summed E-state index contributed by atoms with van der Waals surface area (Å²) in [5, 5.41) is 7.97. The Hall–Kier alpha value is -1.75. The third-order valence-corrected chi connectivity index (χ3v) is 6.57. The second-order valence-electron chi connectivity index (χ2n) is 4.75. The molecule has 1 aromatic heterocycles. The van der Waals surface area contributed by atoms with Crippen LogP contribution in [0.15, 0.2) is 39.2 Å². The molecule has 22 heavy (non-hydrogen) atoms. The van der Waals surface area contributed by atoms with E-state index in [-0.39, 0.29) is 20.6 Å². The van der Waals surface area contributed by atoms with E-state index < -0.39 is 27.1 Å². The Morgan fingerprint density at radius 3 is 2.77 bits per heavy atom. The second-order valence-corrected chi connectivity index (χ2v) is 8.11. The molecule has 0 radical (unpaired) electrons. The van der Waals surface area contributed by atoms with E-state index in [2.05, 4.69) is 4.98 Å². The fourth-order valence-electron chi connectivity index (χ4n) is 2.42. The Kier molecular flexibility index (Phi) is 3.56. The van der Waals surface area contributed by atoms with E-state index in [9.17, 15) is 23.1 Å². The van der Waals surface area contributed by atoms with E-state index >= 15 is 0 Å². The van der Waals surface area contributed by atoms with Crippen LogP contribution in [-0.2, 0) is 19.4 Å². The van der Waals surface area contributed by atoms with Gasteiger partial charge in [0.1, 0.15) is 5.70 Å². The number of hydrogen-bond donors (Lipinski definition) is 1. The molecule has 9 heteroatoms. The minimum Gasteiger partial charge on any atom is -0.477 e. The average molecular weight is 432 g/mol. The van der Waals surface area contributed by atoms with Gasteiger partial charge in [-0.1, -0.05) is 6.07 Å². The lowest BCUT2D eigenvalue weighted by Crippen LogP contribution is -2.61. The van der Waals surface area contributed by atoms with Crippen LogP contribution in [0.25, 0.3) is 6.08 Å². The van der Waals surface area contributed by atoms with E-state index in [1.54, 1.807) is 40.8 Å². The summed E-state index contributed by atoms with van der Waals surface area (Å²) >= 11 is 1.65. The third-order valence-electron chi connectivity index (χ3n) is 3.33. The zero-order chi connectivity index (χ0) is 16.1. The van der Waals surface area contributed by atoms with Crippen molar-refractivity contribution in [2.24, 2.45) is 0 Å². The number of carboxylic acids is 1. The number of aliphatic carboxylic acids is 1. The lowest BCUT2D eigenvalue weighted by Gasteiger charge is -2.44. The van der Waals surface area contributed by atoms with Crippen LogP contribution in [-0.4, -0.2) is 46.4 Å². The van der Waals surface area contributed by atoms with E-state index in [0.717, 1.165) is 4.90 Å². The van der Waals surface area contributed by atoms with Crippen LogP contribution in [0.2, 0.25) is 0 Å². The molecule has 1 unspecified atom stereocenters. The number of fused-ring (bicyclic) bond motifs is 1. The number of rotatable bonds is 2. The molecule has 0 aromatic carbocycles. The van der Waals surface area contributed by atoms with Crippen molar-refractivity contribution in [2.75, 3.05) is 5.75 Å². The molecule has 114 valence electrons. The Labute approximate surface area is 139 Å². The van der Waals surface area contributed by atoms with Gasteiger partial charge in [0.15, 0.2) is 15.2 Å². The number of carbonyl (C=O) groups excluding carboxylic acids is 1. The number of halogens is 1. The molecule has 2 aliphatic rings. The first kappa shape index (κ1) is 15.2. The third kappa shape index (κ3) is 2.24. The Bertz CT molecular complexity index is 844. The fraction of sp³-hybridized carbons (Fsp3) is 0.154. The summed E-state index contributed by atoms with van der Waals surface area (Å²) in [6.07, 6.45) is 2.91. The fourth-order valence-corrected chi connectivity index (χ4v) is 5.94. The van der Waals surface area contributed by atoms with Crippen molar-refractivity contribution in [1.82, 2.24) is 9.88 Å². The summed E-state index contributed by atoms with van der Waals surface area (Å²) in [6, 6.07) is 5.04. The first-order valence-corrected chi connectivity index (χ1v) is 8.92. The highest BCUT2D eigenvalue weighted by molar-refractivity contribution is 14.1. The molecule has 1 amide bonds. The number of hydrogen-bond acceptors (Lipinski definition) is 5. The van der Waals surface area contributed by atoms with Gasteiger partial charge in [-0.3, -0.25) is 14.7 Å². The van der Waals surface area contributed by atoms with Gasteiger partial charge in [0.2, 0.25) is 0 Å². The average Bonchev–Trinajstić information content (AvgIpc) is 2.44. The predicted octanol–water partition coefficient (Wildman–Crippen LogP) is 0.793. The minimum atomic E-state index is -3.66. The van der Waals surface area contributed by atoms with Crippen molar-refractivity contribution in [3.05, 3.63) is 44.9 Å². The highest BCUT2D eigenvalue weighted by atomic mass is 127. The van der Waals surface area contributed by atoms with Gasteiger partial charge in [0, 0.05) is 9.78 Å². The highest BCUT2D eigenvalue weighted by Gasteiger charge is 2.56. The number of nitrogens with zero attached hydrogens (tertiary/aromatic N) is 2. The van der Waals surface area contributed by atoms with Crippen LogP contribution in [0.4, 0.5) is 0 Å². The van der Waals surface area contributed by atoms with Crippen LogP contribution in [0.3, 0.4) is 0 Å². The Morgan fingerprint density at radius 2 is 2.18 bits per heavy atom. The van der Waals surface area contributed by atoms with Gasteiger partial charge in [-0.25, -0.2) is 13.2 Å². The number of aromatic nitrogens is 1. The van der Waals surface area contributed by atoms with E-state index in [1.165, 1.54) is 12.3 Å². The molecule has 0 saturated carbocycles. The zero-order valence-electron chi connectivity index (χ0n) is 10.9. The molecular weight excluding hydrogens is 423 g/mol. The zero-order valence-corrected chi connectivity index (χ0v) is 13.9. The largest absolute Gasteiger partial charge is 0.477 e. The maximum absolute atomic E-state index is 12.3. The SMILES string of the molecule is O=C(O)C1=C(I)CS(=O)(=O)C2/C(=C\c3ccccn3)C(=O)N12.